The van der Waals surface area contributed by atoms with E-state index in [1.54, 1.807) is 29.3 Å². The first-order valence-electron chi connectivity index (χ1n) is 10.1. The normalized spacial score (nSPS) is 20.1. The van der Waals surface area contributed by atoms with Gasteiger partial charge >= 0.3 is 0 Å². The molecule has 1 unspecified atom stereocenters. The highest BCUT2D eigenvalue weighted by Gasteiger charge is 2.38. The van der Waals surface area contributed by atoms with Gasteiger partial charge in [-0.25, -0.2) is 0 Å². The fourth-order valence-electron chi connectivity index (χ4n) is 4.16. The molecule has 1 N–H and O–H groups in total. The van der Waals surface area contributed by atoms with E-state index in [2.05, 4.69) is 16.0 Å². The molecule has 4 rings (SSSR count). The zero-order chi connectivity index (χ0) is 20.2. The summed E-state index contributed by atoms with van der Waals surface area (Å²) in [5, 5.41) is 10.0. The minimum atomic E-state index is -0.438. The summed E-state index contributed by atoms with van der Waals surface area (Å²) in [6.45, 7) is 4.31. The lowest BCUT2D eigenvalue weighted by atomic mass is 10.1. The highest BCUT2D eigenvalue weighted by molar-refractivity contribution is 5.99. The topological polar surface area (TPSA) is 77.0 Å². The molecular formula is C22H26N4O3. The Morgan fingerprint density at radius 3 is 2.55 bits per heavy atom. The number of phenolic OH excluding ortho intramolecular Hbond substituents is 1. The second-order valence-corrected chi connectivity index (χ2v) is 7.64. The summed E-state index contributed by atoms with van der Waals surface area (Å²) >= 11 is 0. The van der Waals surface area contributed by atoms with E-state index in [0.717, 1.165) is 26.1 Å². The molecule has 152 valence electrons. The number of benzene rings is 1. The summed E-state index contributed by atoms with van der Waals surface area (Å²) in [5.41, 5.74) is 1.43. The predicted octanol–water partition coefficient (Wildman–Crippen LogP) is 1.74. The number of hydrogen-bond donors (Lipinski definition) is 1. The second kappa shape index (κ2) is 8.61. The van der Waals surface area contributed by atoms with Crippen LogP contribution in [0.3, 0.4) is 0 Å². The van der Waals surface area contributed by atoms with Crippen LogP contribution in [0.1, 0.15) is 28.8 Å². The summed E-state index contributed by atoms with van der Waals surface area (Å²) in [7, 11) is 0. The van der Waals surface area contributed by atoms with Crippen LogP contribution >= 0.6 is 0 Å². The largest absolute Gasteiger partial charge is 0.507 e. The van der Waals surface area contributed by atoms with E-state index in [9.17, 15) is 14.7 Å². The number of pyridine rings is 1. The number of nitrogens with zero attached hydrogens (tertiary/aromatic N) is 4. The summed E-state index contributed by atoms with van der Waals surface area (Å²) in [4.78, 5) is 36.0. The lowest BCUT2D eigenvalue weighted by Gasteiger charge is -2.37. The smallest absolute Gasteiger partial charge is 0.258 e. The average Bonchev–Trinajstić information content (AvgIpc) is 3.24. The fraction of sp³-hybridized carbons (Fsp3) is 0.409. The highest BCUT2D eigenvalue weighted by atomic mass is 16.3. The number of hydrogen-bond acceptors (Lipinski definition) is 5. The lowest BCUT2D eigenvalue weighted by molar-refractivity contribution is -0.137. The Balaban J connectivity index is 1.37. The average molecular weight is 394 g/mol. The number of carbonyl (C=O) groups excluding carboxylic acids is 2. The monoisotopic (exact) mass is 394 g/mol. The van der Waals surface area contributed by atoms with Crippen LogP contribution in [0.2, 0.25) is 0 Å². The maximum Gasteiger partial charge on any atom is 0.258 e. The molecule has 0 bridgehead atoms. The molecule has 0 aliphatic carbocycles. The molecule has 0 spiro atoms. The Labute approximate surface area is 170 Å². The van der Waals surface area contributed by atoms with Gasteiger partial charge in [0.05, 0.1) is 5.56 Å². The van der Waals surface area contributed by atoms with Gasteiger partial charge in [-0.2, -0.15) is 0 Å². The van der Waals surface area contributed by atoms with Crippen molar-refractivity contribution in [3.8, 4) is 5.75 Å². The number of aromatic hydroxyl groups is 1. The zero-order valence-electron chi connectivity index (χ0n) is 16.4. The third-order valence-corrected chi connectivity index (χ3v) is 5.75. The molecular weight excluding hydrogens is 368 g/mol. The molecule has 29 heavy (non-hydrogen) atoms. The van der Waals surface area contributed by atoms with Crippen LogP contribution in [0.4, 0.5) is 0 Å². The van der Waals surface area contributed by atoms with E-state index in [4.69, 9.17) is 0 Å². The Bertz CT molecular complexity index is 865. The van der Waals surface area contributed by atoms with Gasteiger partial charge in [0.1, 0.15) is 11.8 Å². The van der Waals surface area contributed by atoms with Crippen LogP contribution in [0, 0.1) is 0 Å². The number of rotatable bonds is 4. The minimum Gasteiger partial charge on any atom is -0.507 e. The van der Waals surface area contributed by atoms with Gasteiger partial charge in [-0.05, 0) is 36.6 Å². The maximum absolute atomic E-state index is 13.1. The van der Waals surface area contributed by atoms with Gasteiger partial charge in [-0.15, -0.1) is 0 Å². The van der Waals surface area contributed by atoms with Crippen molar-refractivity contribution in [3.63, 3.8) is 0 Å². The molecule has 7 heteroatoms. The Morgan fingerprint density at radius 1 is 1.03 bits per heavy atom. The number of piperazine rings is 1. The van der Waals surface area contributed by atoms with Gasteiger partial charge < -0.3 is 14.9 Å². The van der Waals surface area contributed by atoms with Crippen molar-refractivity contribution in [2.24, 2.45) is 0 Å². The number of amides is 2. The number of para-hydroxylation sites is 1. The number of carbonyl (C=O) groups is 2. The zero-order valence-corrected chi connectivity index (χ0v) is 16.4. The van der Waals surface area contributed by atoms with Gasteiger partial charge in [0.25, 0.3) is 5.91 Å². The summed E-state index contributed by atoms with van der Waals surface area (Å²) < 4.78 is 0. The number of phenols is 1. The highest BCUT2D eigenvalue weighted by Crippen LogP contribution is 2.26. The van der Waals surface area contributed by atoms with Gasteiger partial charge in [0, 0.05) is 51.7 Å². The predicted molar refractivity (Wildman–Crippen MR) is 108 cm³/mol. The fourth-order valence-corrected chi connectivity index (χ4v) is 4.16. The van der Waals surface area contributed by atoms with Crippen molar-refractivity contribution in [1.29, 1.82) is 0 Å². The summed E-state index contributed by atoms with van der Waals surface area (Å²) in [6.07, 6.45) is 5.12. The summed E-state index contributed by atoms with van der Waals surface area (Å²) in [6, 6.07) is 10.1. The van der Waals surface area contributed by atoms with Crippen LogP contribution < -0.4 is 0 Å². The van der Waals surface area contributed by atoms with E-state index in [0.29, 0.717) is 26.1 Å². The van der Waals surface area contributed by atoms with Crippen molar-refractivity contribution >= 4 is 11.8 Å². The first-order valence-corrected chi connectivity index (χ1v) is 10.1. The minimum absolute atomic E-state index is 0.0206. The van der Waals surface area contributed by atoms with Crippen molar-refractivity contribution in [2.75, 3.05) is 32.7 Å². The Morgan fingerprint density at radius 2 is 1.83 bits per heavy atom. The van der Waals surface area contributed by atoms with Crippen LogP contribution in [-0.4, -0.2) is 75.4 Å². The lowest BCUT2D eigenvalue weighted by Crippen LogP contribution is -2.54. The van der Waals surface area contributed by atoms with E-state index >= 15 is 0 Å². The van der Waals surface area contributed by atoms with Crippen LogP contribution in [0.25, 0.3) is 0 Å². The summed E-state index contributed by atoms with van der Waals surface area (Å²) in [5.74, 6) is -0.291. The molecule has 1 aromatic carbocycles. The Kier molecular flexibility index (Phi) is 5.76. The molecule has 2 aliphatic rings. The molecule has 0 radical (unpaired) electrons. The molecule has 0 saturated carbocycles. The number of likely N-dealkylation sites (tertiary alicyclic amines) is 1. The molecule has 7 nitrogen and oxygen atoms in total. The molecule has 2 amide bonds. The molecule has 1 aromatic heterocycles. The molecule has 1 atom stereocenters. The van der Waals surface area contributed by atoms with E-state index in [1.807, 2.05) is 17.2 Å². The van der Waals surface area contributed by atoms with E-state index < -0.39 is 6.04 Å². The first kappa shape index (κ1) is 19.4. The van der Waals surface area contributed by atoms with Gasteiger partial charge in [0.15, 0.2) is 0 Å². The van der Waals surface area contributed by atoms with Gasteiger partial charge in [-0.3, -0.25) is 19.5 Å². The molecule has 2 fully saturated rings. The van der Waals surface area contributed by atoms with Gasteiger partial charge in [-0.1, -0.05) is 18.2 Å². The Hall–Kier alpha value is -2.93. The SMILES string of the molecule is O=C(C1CCCN1C(=O)c1ccccc1O)N1CCN(Cc2cccnc2)CC1. The van der Waals surface area contributed by atoms with Crippen molar-refractivity contribution in [3.05, 3.63) is 59.9 Å². The standard InChI is InChI=1S/C22H26N4O3/c27-20-8-2-1-6-18(20)21(28)26-10-4-7-19(26)22(29)25-13-11-24(12-14-25)16-17-5-3-9-23-15-17/h1-3,5-6,8-9,15,19,27H,4,7,10-14,16H2. The molecule has 3 heterocycles. The second-order valence-electron chi connectivity index (χ2n) is 7.64. The van der Waals surface area contributed by atoms with Gasteiger partial charge in [0.2, 0.25) is 5.91 Å². The van der Waals surface area contributed by atoms with Crippen LogP contribution in [-0.2, 0) is 11.3 Å². The maximum atomic E-state index is 13.1. The third-order valence-electron chi connectivity index (χ3n) is 5.75. The molecule has 2 aromatic rings. The number of aromatic nitrogens is 1. The van der Waals surface area contributed by atoms with E-state index in [1.165, 1.54) is 11.6 Å². The third kappa shape index (κ3) is 4.24. The van der Waals surface area contributed by atoms with Crippen molar-refractivity contribution in [1.82, 2.24) is 19.7 Å². The van der Waals surface area contributed by atoms with Crippen LogP contribution in [0.15, 0.2) is 48.8 Å². The first-order chi connectivity index (χ1) is 14.1. The molecule has 2 saturated heterocycles. The van der Waals surface area contributed by atoms with E-state index in [-0.39, 0.29) is 23.1 Å². The van der Waals surface area contributed by atoms with Crippen molar-refractivity contribution < 1.29 is 14.7 Å². The van der Waals surface area contributed by atoms with Crippen LogP contribution in [0.5, 0.6) is 5.75 Å². The molecule has 2 aliphatic heterocycles. The van der Waals surface area contributed by atoms with Crippen molar-refractivity contribution in [2.45, 2.75) is 25.4 Å². The quantitative estimate of drug-likeness (QED) is 0.855.